The Kier molecular flexibility index (Phi) is 15.0. The maximum absolute atomic E-state index is 11.4. The third kappa shape index (κ3) is 10.2. The fraction of sp³-hybridized carbons (Fsp3) is 0.694. The fourth-order valence-corrected chi connectivity index (χ4v) is 23.6. The number of unbranched alkanes of at least 4 members (excludes halogenated alkanes) is 4. The topological polar surface area (TPSA) is 66.8 Å². The number of allylic oxidation sites excluding steroid dienone is 2. The van der Waals surface area contributed by atoms with E-state index in [1.165, 1.54) is 70.1 Å². The SMILES string of the molecule is CCC[CH2][Sn]([CH2]CCC)([CH2]CCC)[c]1cccc(C[C@H](O)/C=C/[C@@H]2[C@H]3CC(CCCCC(=O)OC)=C[C@H]3C[C@H]2O)c1. The Bertz CT molecular complexity index is 964. The van der Waals surface area contributed by atoms with Gasteiger partial charge in [-0.1, -0.05) is 0 Å². The van der Waals surface area contributed by atoms with Crippen molar-refractivity contribution in [2.75, 3.05) is 7.11 Å². The number of methoxy groups -OCH3 is 1. The summed E-state index contributed by atoms with van der Waals surface area (Å²) in [5.74, 6) is 0.829. The van der Waals surface area contributed by atoms with E-state index in [0.29, 0.717) is 24.7 Å². The summed E-state index contributed by atoms with van der Waals surface area (Å²) in [6.07, 6.45) is 19.3. The van der Waals surface area contributed by atoms with Crippen LogP contribution in [0, 0.1) is 17.8 Å². The average Bonchev–Trinajstić information content (AvgIpc) is 3.49. The number of benzene rings is 1. The first kappa shape index (κ1) is 34.4. The van der Waals surface area contributed by atoms with Gasteiger partial charge in [-0.2, -0.15) is 0 Å². The van der Waals surface area contributed by atoms with Crippen LogP contribution < -0.4 is 3.58 Å². The second-order valence-electron chi connectivity index (χ2n) is 13.0. The molecule has 0 saturated heterocycles. The molecule has 1 aromatic carbocycles. The van der Waals surface area contributed by atoms with Gasteiger partial charge in [-0.25, -0.2) is 0 Å². The van der Waals surface area contributed by atoms with Crippen molar-refractivity contribution in [3.05, 3.63) is 53.6 Å². The van der Waals surface area contributed by atoms with Crippen LogP contribution in [0.3, 0.4) is 0 Å². The first-order valence-corrected chi connectivity index (χ1v) is 24.2. The number of esters is 1. The number of ether oxygens (including phenoxy) is 1. The van der Waals surface area contributed by atoms with E-state index in [2.05, 4.69) is 57.2 Å². The molecule has 1 fully saturated rings. The molecular formula is C36H58O4Sn. The van der Waals surface area contributed by atoms with Crippen LogP contribution in [-0.4, -0.2) is 53.9 Å². The van der Waals surface area contributed by atoms with E-state index in [9.17, 15) is 15.0 Å². The Labute approximate surface area is 254 Å². The third-order valence-corrected chi connectivity index (χ3v) is 25.5. The molecule has 0 aliphatic heterocycles. The summed E-state index contributed by atoms with van der Waals surface area (Å²) in [5.41, 5.74) is 2.73. The van der Waals surface area contributed by atoms with Crippen LogP contribution in [0.25, 0.3) is 0 Å². The van der Waals surface area contributed by atoms with Gasteiger partial charge in [0.15, 0.2) is 0 Å². The van der Waals surface area contributed by atoms with Crippen LogP contribution in [0.15, 0.2) is 48.1 Å². The number of hydrogen-bond acceptors (Lipinski definition) is 4. The van der Waals surface area contributed by atoms with Gasteiger partial charge in [0.05, 0.1) is 7.11 Å². The van der Waals surface area contributed by atoms with E-state index >= 15 is 0 Å². The standard InChI is InChI=1S/C24H31O4.3C4H9.Sn/c1-28-24(27)10-6-5-9-18-13-19-16-23(26)21(22(19)15-18)12-11-20(25)14-17-7-3-2-4-8-17;3*1-3-4-2;/h2-3,7-8,11-13,19-23,25-26H,5-6,9-10,14-16H2,1H3;3*1,3-4H2,2H3;/b12-11+;;;;/t19-,20+,21+,22-,23+;;;;/m0..../s1. The van der Waals surface area contributed by atoms with Crippen LogP contribution >= 0.6 is 0 Å². The Morgan fingerprint density at radius 1 is 1.05 bits per heavy atom. The molecule has 0 aromatic heterocycles. The molecule has 2 aliphatic rings. The molecule has 0 bridgehead atoms. The quantitative estimate of drug-likeness (QED) is 0.0679. The van der Waals surface area contributed by atoms with E-state index in [0.717, 1.165) is 32.1 Å². The van der Waals surface area contributed by atoms with Gasteiger partial charge < -0.3 is 4.74 Å². The number of carbonyl (C=O) groups excluding carboxylic acids is 1. The van der Waals surface area contributed by atoms with Gasteiger partial charge in [0.2, 0.25) is 0 Å². The zero-order chi connectivity index (χ0) is 29.7. The van der Waals surface area contributed by atoms with Crippen molar-refractivity contribution in [3.63, 3.8) is 0 Å². The summed E-state index contributed by atoms with van der Waals surface area (Å²) in [5, 5.41) is 21.9. The fourth-order valence-electron chi connectivity index (χ4n) is 7.46. The van der Waals surface area contributed by atoms with Gasteiger partial charge in [-0.3, -0.25) is 4.79 Å². The van der Waals surface area contributed by atoms with E-state index in [-0.39, 0.29) is 18.0 Å². The molecule has 5 atom stereocenters. The summed E-state index contributed by atoms with van der Waals surface area (Å²) in [4.78, 5) is 11.4. The molecule has 0 heterocycles. The third-order valence-electron chi connectivity index (χ3n) is 9.87. The number of rotatable bonds is 19. The molecule has 0 unspecified atom stereocenters. The minimum atomic E-state index is -2.50. The molecular weight excluding hydrogens is 615 g/mol. The van der Waals surface area contributed by atoms with Crippen molar-refractivity contribution in [3.8, 4) is 0 Å². The van der Waals surface area contributed by atoms with Crippen molar-refractivity contribution in [1.82, 2.24) is 0 Å². The zero-order valence-corrected chi connectivity index (χ0v) is 29.3. The number of aliphatic hydroxyl groups is 2. The van der Waals surface area contributed by atoms with Crippen molar-refractivity contribution < 1.29 is 19.7 Å². The molecule has 230 valence electrons. The van der Waals surface area contributed by atoms with Crippen LogP contribution in [0.2, 0.25) is 13.3 Å². The molecule has 5 heteroatoms. The second-order valence-corrected chi connectivity index (χ2v) is 26.2. The normalized spacial score (nSPS) is 23.1. The van der Waals surface area contributed by atoms with Gasteiger partial charge in [-0.15, -0.1) is 0 Å². The van der Waals surface area contributed by atoms with Crippen molar-refractivity contribution in [1.29, 1.82) is 0 Å². The number of aliphatic hydroxyl groups excluding tert-OH is 2. The number of carbonyl (C=O) groups is 1. The van der Waals surface area contributed by atoms with Crippen molar-refractivity contribution in [2.45, 2.75) is 130 Å². The molecule has 2 N–H and O–H groups in total. The van der Waals surface area contributed by atoms with Crippen LogP contribution in [-0.2, 0) is 16.0 Å². The molecule has 0 amide bonds. The van der Waals surface area contributed by atoms with Crippen LogP contribution in [0.4, 0.5) is 0 Å². The molecule has 1 saturated carbocycles. The van der Waals surface area contributed by atoms with E-state index in [1.807, 2.05) is 6.08 Å². The predicted octanol–water partition coefficient (Wildman–Crippen LogP) is 7.88. The molecule has 1 aromatic rings. The summed E-state index contributed by atoms with van der Waals surface area (Å²) in [6, 6.07) is 9.35. The Morgan fingerprint density at radius 3 is 2.37 bits per heavy atom. The van der Waals surface area contributed by atoms with Gasteiger partial charge in [0, 0.05) is 6.42 Å². The van der Waals surface area contributed by atoms with Crippen molar-refractivity contribution >= 4 is 27.9 Å². The minimum absolute atomic E-state index is 0.103. The first-order chi connectivity index (χ1) is 19.9. The Morgan fingerprint density at radius 2 is 1.73 bits per heavy atom. The number of fused-ring (bicyclic) bond motifs is 1. The average molecular weight is 674 g/mol. The maximum atomic E-state index is 11.4. The van der Waals surface area contributed by atoms with Gasteiger partial charge in [-0.05, 0) is 12.8 Å². The molecule has 2 aliphatic carbocycles. The zero-order valence-electron chi connectivity index (χ0n) is 26.5. The first-order valence-electron chi connectivity index (χ1n) is 16.8. The predicted molar refractivity (Wildman–Crippen MR) is 174 cm³/mol. The molecule has 4 nitrogen and oxygen atoms in total. The Hall–Kier alpha value is -1.11. The summed E-state index contributed by atoms with van der Waals surface area (Å²) in [6.45, 7) is 6.99. The van der Waals surface area contributed by atoms with E-state index in [1.54, 1.807) is 3.58 Å². The van der Waals surface area contributed by atoms with E-state index in [4.69, 9.17) is 4.74 Å². The van der Waals surface area contributed by atoms with E-state index < -0.39 is 24.5 Å². The molecule has 3 rings (SSSR count). The van der Waals surface area contributed by atoms with Gasteiger partial charge >= 0.3 is 220 Å². The summed E-state index contributed by atoms with van der Waals surface area (Å²) < 4.78 is 10.8. The molecule has 0 radical (unpaired) electrons. The Balaban J connectivity index is 1.61. The number of hydrogen-bond donors (Lipinski definition) is 2. The van der Waals surface area contributed by atoms with Crippen LogP contribution in [0.5, 0.6) is 0 Å². The van der Waals surface area contributed by atoms with Crippen LogP contribution in [0.1, 0.15) is 103 Å². The second kappa shape index (κ2) is 17.9. The summed E-state index contributed by atoms with van der Waals surface area (Å²) in [7, 11) is 1.45. The van der Waals surface area contributed by atoms with Gasteiger partial charge in [0.25, 0.3) is 0 Å². The van der Waals surface area contributed by atoms with Gasteiger partial charge in [0.1, 0.15) is 0 Å². The monoisotopic (exact) mass is 674 g/mol. The van der Waals surface area contributed by atoms with Crippen molar-refractivity contribution in [2.24, 2.45) is 17.8 Å². The molecule has 0 spiro atoms. The summed E-state index contributed by atoms with van der Waals surface area (Å²) >= 11 is -2.50. The molecule has 41 heavy (non-hydrogen) atoms.